The molecule has 3 nitrogen and oxygen atoms in total. The lowest BCUT2D eigenvalue weighted by atomic mass is 9.89. The van der Waals surface area contributed by atoms with Gasteiger partial charge in [-0.15, -0.1) is 0 Å². The number of benzene rings is 1. The summed E-state index contributed by atoms with van der Waals surface area (Å²) in [5.41, 5.74) is 1.46. The van der Waals surface area contributed by atoms with Gasteiger partial charge in [0.2, 0.25) is 0 Å². The molecule has 1 saturated heterocycles. The zero-order chi connectivity index (χ0) is 13.1. The molecule has 1 N–H and O–H groups in total. The van der Waals surface area contributed by atoms with Crippen LogP contribution in [0.1, 0.15) is 32.6 Å². The van der Waals surface area contributed by atoms with Gasteiger partial charge in [0.25, 0.3) is 0 Å². The first kappa shape index (κ1) is 12.8. The number of nitrogens with one attached hydrogen (secondary N) is 1. The van der Waals surface area contributed by atoms with Gasteiger partial charge in [-0.1, -0.05) is 6.92 Å². The summed E-state index contributed by atoms with van der Waals surface area (Å²) in [6.45, 7) is 4.95. The lowest BCUT2D eigenvalue weighted by molar-refractivity contribution is -0.0924. The van der Waals surface area contributed by atoms with Crippen molar-refractivity contribution in [2.45, 2.75) is 38.7 Å². The van der Waals surface area contributed by atoms with Gasteiger partial charge in [0.15, 0.2) is 0 Å². The van der Waals surface area contributed by atoms with Crippen molar-refractivity contribution >= 4 is 5.69 Å². The van der Waals surface area contributed by atoms with Crippen LogP contribution in [0.5, 0.6) is 5.75 Å². The Morgan fingerprint density at radius 1 is 1.21 bits per heavy atom. The fraction of sp³-hybridized carbons (Fsp3) is 0.625. The maximum Gasteiger partial charge on any atom is 0.119 e. The highest BCUT2D eigenvalue weighted by Crippen LogP contribution is 2.28. The van der Waals surface area contributed by atoms with E-state index in [0.29, 0.717) is 11.5 Å². The third kappa shape index (κ3) is 3.21. The minimum Gasteiger partial charge on any atom is -0.490 e. The quantitative estimate of drug-likeness (QED) is 0.880. The normalized spacial score (nSPS) is 21.9. The highest BCUT2D eigenvalue weighted by Gasteiger charge is 2.32. The van der Waals surface area contributed by atoms with Crippen LogP contribution in [0.15, 0.2) is 24.3 Å². The molecule has 0 aromatic heterocycles. The second-order valence-electron chi connectivity index (χ2n) is 6.21. The Bertz CT molecular complexity index is 405. The predicted octanol–water partition coefficient (Wildman–Crippen LogP) is 3.46. The van der Waals surface area contributed by atoms with Crippen molar-refractivity contribution in [2.24, 2.45) is 5.41 Å². The molecule has 0 atom stereocenters. The summed E-state index contributed by atoms with van der Waals surface area (Å²) in [5, 5.41) is 3.47. The molecule has 1 heterocycles. The van der Waals surface area contributed by atoms with E-state index in [9.17, 15) is 0 Å². The Balaban J connectivity index is 1.50. The van der Waals surface area contributed by atoms with Crippen molar-refractivity contribution in [3.05, 3.63) is 24.3 Å². The number of ether oxygens (including phenoxy) is 2. The van der Waals surface area contributed by atoms with Gasteiger partial charge in [-0.3, -0.25) is 0 Å². The second-order valence-corrected chi connectivity index (χ2v) is 6.21. The Morgan fingerprint density at radius 2 is 1.89 bits per heavy atom. The zero-order valence-electron chi connectivity index (χ0n) is 11.7. The van der Waals surface area contributed by atoms with Crippen molar-refractivity contribution in [3.63, 3.8) is 0 Å². The second kappa shape index (κ2) is 5.41. The van der Waals surface area contributed by atoms with Crippen LogP contribution < -0.4 is 10.1 Å². The summed E-state index contributed by atoms with van der Waals surface area (Å²) in [7, 11) is 0. The highest BCUT2D eigenvalue weighted by molar-refractivity contribution is 5.46. The summed E-state index contributed by atoms with van der Waals surface area (Å²) in [4.78, 5) is 0. The van der Waals surface area contributed by atoms with Gasteiger partial charge >= 0.3 is 0 Å². The van der Waals surface area contributed by atoms with E-state index < -0.39 is 0 Å². The summed E-state index contributed by atoms with van der Waals surface area (Å²) in [6, 6.07) is 8.35. The van der Waals surface area contributed by atoms with E-state index in [0.717, 1.165) is 31.2 Å². The highest BCUT2D eigenvalue weighted by atomic mass is 16.5. The first-order valence-corrected chi connectivity index (χ1v) is 7.32. The molecule has 1 aromatic carbocycles. The summed E-state index contributed by atoms with van der Waals surface area (Å²) in [5.74, 6) is 0.996. The van der Waals surface area contributed by atoms with Crippen LogP contribution in [0.25, 0.3) is 0 Å². The van der Waals surface area contributed by atoms with E-state index in [1.165, 1.54) is 25.7 Å². The number of rotatable bonds is 5. The largest absolute Gasteiger partial charge is 0.490 e. The molecule has 0 spiro atoms. The molecule has 2 aliphatic rings. The van der Waals surface area contributed by atoms with Crippen molar-refractivity contribution in [2.75, 3.05) is 25.1 Å². The molecule has 0 radical (unpaired) electrons. The smallest absolute Gasteiger partial charge is 0.119 e. The Hall–Kier alpha value is -1.22. The molecule has 19 heavy (non-hydrogen) atoms. The molecular formula is C16H23NO2. The predicted molar refractivity (Wildman–Crippen MR) is 76.7 cm³/mol. The van der Waals surface area contributed by atoms with Gasteiger partial charge in [-0.25, -0.2) is 0 Å². The monoisotopic (exact) mass is 261 g/mol. The lowest BCUT2D eigenvalue weighted by Gasteiger charge is -2.38. The van der Waals surface area contributed by atoms with E-state index in [1.54, 1.807) is 0 Å². The SMILES string of the molecule is CC1(CNc2ccc(OC3CCCC3)cc2)COC1. The fourth-order valence-corrected chi connectivity index (χ4v) is 2.72. The Morgan fingerprint density at radius 3 is 2.47 bits per heavy atom. The van der Waals surface area contributed by atoms with Crippen LogP contribution in [0.2, 0.25) is 0 Å². The van der Waals surface area contributed by atoms with Crippen LogP contribution in [0.3, 0.4) is 0 Å². The standard InChI is InChI=1S/C16H23NO2/c1-16(11-18-12-16)10-17-13-6-8-15(9-7-13)19-14-4-2-3-5-14/h6-9,14,17H,2-5,10-12H2,1H3. The molecule has 3 rings (SSSR count). The molecule has 0 amide bonds. The molecule has 2 fully saturated rings. The molecule has 1 aliphatic carbocycles. The van der Waals surface area contributed by atoms with E-state index in [4.69, 9.17) is 9.47 Å². The van der Waals surface area contributed by atoms with Gasteiger partial charge in [-0.2, -0.15) is 0 Å². The third-order valence-electron chi connectivity index (χ3n) is 4.08. The molecule has 1 aliphatic heterocycles. The van der Waals surface area contributed by atoms with Gasteiger partial charge in [0.05, 0.1) is 19.3 Å². The van der Waals surface area contributed by atoms with Gasteiger partial charge in [0, 0.05) is 17.6 Å². The molecule has 0 bridgehead atoms. The maximum absolute atomic E-state index is 5.96. The molecule has 1 saturated carbocycles. The average Bonchev–Trinajstić information content (AvgIpc) is 2.89. The lowest BCUT2D eigenvalue weighted by Crippen LogP contribution is -2.45. The van der Waals surface area contributed by atoms with Crippen LogP contribution in [0.4, 0.5) is 5.69 Å². The van der Waals surface area contributed by atoms with Gasteiger partial charge in [0.1, 0.15) is 5.75 Å². The first-order valence-electron chi connectivity index (χ1n) is 7.32. The van der Waals surface area contributed by atoms with Crippen molar-refractivity contribution in [1.29, 1.82) is 0 Å². The summed E-state index contributed by atoms with van der Waals surface area (Å²) in [6.07, 6.45) is 5.47. The van der Waals surface area contributed by atoms with Crippen LogP contribution in [0, 0.1) is 5.41 Å². The van der Waals surface area contributed by atoms with Crippen molar-refractivity contribution in [1.82, 2.24) is 0 Å². The number of hydrogen-bond acceptors (Lipinski definition) is 3. The molecular weight excluding hydrogens is 238 g/mol. The Labute approximate surface area is 115 Å². The zero-order valence-corrected chi connectivity index (χ0v) is 11.7. The van der Waals surface area contributed by atoms with Crippen LogP contribution in [-0.4, -0.2) is 25.9 Å². The first-order chi connectivity index (χ1) is 9.23. The Kier molecular flexibility index (Phi) is 3.65. The molecule has 3 heteroatoms. The molecule has 104 valence electrons. The third-order valence-corrected chi connectivity index (χ3v) is 4.08. The van der Waals surface area contributed by atoms with Crippen molar-refractivity contribution in [3.8, 4) is 5.75 Å². The topological polar surface area (TPSA) is 30.5 Å². The van der Waals surface area contributed by atoms with Gasteiger partial charge in [-0.05, 0) is 49.9 Å². The van der Waals surface area contributed by atoms with Crippen molar-refractivity contribution < 1.29 is 9.47 Å². The van der Waals surface area contributed by atoms with Gasteiger partial charge < -0.3 is 14.8 Å². The van der Waals surface area contributed by atoms with E-state index in [2.05, 4.69) is 36.5 Å². The maximum atomic E-state index is 5.96. The molecule has 1 aromatic rings. The van der Waals surface area contributed by atoms with Crippen LogP contribution >= 0.6 is 0 Å². The number of anilines is 1. The van der Waals surface area contributed by atoms with Crippen LogP contribution in [-0.2, 0) is 4.74 Å². The molecule has 0 unspecified atom stereocenters. The average molecular weight is 261 g/mol. The fourth-order valence-electron chi connectivity index (χ4n) is 2.72. The minimum atomic E-state index is 0.305. The van der Waals surface area contributed by atoms with E-state index in [1.807, 2.05) is 0 Å². The summed E-state index contributed by atoms with van der Waals surface area (Å²) < 4.78 is 11.2. The minimum absolute atomic E-state index is 0.305. The number of hydrogen-bond donors (Lipinski definition) is 1. The van der Waals surface area contributed by atoms with E-state index >= 15 is 0 Å². The summed E-state index contributed by atoms with van der Waals surface area (Å²) >= 11 is 0. The van der Waals surface area contributed by atoms with E-state index in [-0.39, 0.29) is 0 Å².